The van der Waals surface area contributed by atoms with Crippen LogP contribution in [0.3, 0.4) is 0 Å². The molecule has 134 valence electrons. The van der Waals surface area contributed by atoms with Crippen LogP contribution in [0.15, 0.2) is 42.5 Å². The Morgan fingerprint density at radius 3 is 2.58 bits per heavy atom. The summed E-state index contributed by atoms with van der Waals surface area (Å²) in [6.07, 6.45) is 0.168. The molecule has 0 radical (unpaired) electrons. The van der Waals surface area contributed by atoms with Crippen molar-refractivity contribution in [1.29, 1.82) is 0 Å². The molecule has 1 fully saturated rings. The Morgan fingerprint density at radius 2 is 1.88 bits per heavy atom. The van der Waals surface area contributed by atoms with Crippen LogP contribution in [0.5, 0.6) is 0 Å². The molecule has 0 spiro atoms. The van der Waals surface area contributed by atoms with Gasteiger partial charge in [-0.15, -0.1) is 0 Å². The minimum absolute atomic E-state index is 0.0531. The zero-order valence-electron chi connectivity index (χ0n) is 15.2. The molecule has 1 atom stereocenters. The van der Waals surface area contributed by atoms with Gasteiger partial charge in [0.2, 0.25) is 11.8 Å². The molecule has 0 aliphatic carbocycles. The molecule has 1 N–H and O–H groups in total. The Bertz CT molecular complexity index is 889. The second kappa shape index (κ2) is 7.12. The first kappa shape index (κ1) is 17.9. The van der Waals surface area contributed by atoms with E-state index in [0.717, 1.165) is 16.8 Å². The van der Waals surface area contributed by atoms with Crippen molar-refractivity contribution in [1.82, 2.24) is 0 Å². The SMILES string of the molecule is CC(=O)c1cccc(N2CC(C(=O)Nc3ccc(C)cc3C)CC2=O)c1. The van der Waals surface area contributed by atoms with E-state index in [9.17, 15) is 14.4 Å². The number of carbonyl (C=O) groups excluding carboxylic acids is 3. The van der Waals surface area contributed by atoms with E-state index in [-0.39, 0.29) is 24.0 Å². The topological polar surface area (TPSA) is 66.5 Å². The van der Waals surface area contributed by atoms with Gasteiger partial charge in [-0.25, -0.2) is 0 Å². The number of nitrogens with one attached hydrogen (secondary N) is 1. The summed E-state index contributed by atoms with van der Waals surface area (Å²) in [4.78, 5) is 38.1. The second-order valence-corrected chi connectivity index (χ2v) is 6.82. The Morgan fingerprint density at radius 1 is 1.12 bits per heavy atom. The average Bonchev–Trinajstić information content (AvgIpc) is 2.99. The fraction of sp³-hybridized carbons (Fsp3) is 0.286. The van der Waals surface area contributed by atoms with Gasteiger partial charge in [-0.05, 0) is 44.5 Å². The van der Waals surface area contributed by atoms with Crippen molar-refractivity contribution in [2.75, 3.05) is 16.8 Å². The predicted octanol–water partition coefficient (Wildman–Crippen LogP) is 3.50. The number of anilines is 2. The molecular formula is C21H22N2O3. The highest BCUT2D eigenvalue weighted by Crippen LogP contribution is 2.27. The van der Waals surface area contributed by atoms with Crippen molar-refractivity contribution >= 4 is 29.0 Å². The Kier molecular flexibility index (Phi) is 4.89. The van der Waals surface area contributed by atoms with Crippen molar-refractivity contribution in [2.45, 2.75) is 27.2 Å². The van der Waals surface area contributed by atoms with Crippen molar-refractivity contribution in [3.8, 4) is 0 Å². The highest BCUT2D eigenvalue weighted by molar-refractivity contribution is 6.04. The van der Waals surface area contributed by atoms with Crippen LogP contribution in [-0.4, -0.2) is 24.1 Å². The number of amides is 2. The molecule has 1 saturated heterocycles. The van der Waals surface area contributed by atoms with Gasteiger partial charge in [-0.3, -0.25) is 14.4 Å². The Labute approximate surface area is 153 Å². The third kappa shape index (κ3) is 3.67. The standard InChI is InChI=1S/C21H22N2O3/c1-13-7-8-19(14(2)9-13)22-21(26)17-11-20(25)23(12-17)18-6-4-5-16(10-18)15(3)24/h4-10,17H,11-12H2,1-3H3,(H,22,26). The molecule has 1 aliphatic heterocycles. The van der Waals surface area contributed by atoms with Crippen molar-refractivity contribution in [2.24, 2.45) is 5.92 Å². The van der Waals surface area contributed by atoms with Gasteiger partial charge in [-0.2, -0.15) is 0 Å². The lowest BCUT2D eigenvalue weighted by molar-refractivity contribution is -0.122. The van der Waals surface area contributed by atoms with Crippen LogP contribution in [0.1, 0.15) is 34.8 Å². The van der Waals surface area contributed by atoms with Gasteiger partial charge in [0.15, 0.2) is 5.78 Å². The smallest absolute Gasteiger partial charge is 0.229 e. The number of Topliss-reactive ketones (excluding diaryl/α,β-unsaturated/α-hetero) is 1. The van der Waals surface area contributed by atoms with Gasteiger partial charge in [0.05, 0.1) is 5.92 Å². The lowest BCUT2D eigenvalue weighted by Crippen LogP contribution is -2.28. The van der Waals surface area contributed by atoms with Gasteiger partial charge in [0.1, 0.15) is 0 Å². The molecule has 1 aliphatic rings. The van der Waals surface area contributed by atoms with Gasteiger partial charge in [0, 0.05) is 29.9 Å². The lowest BCUT2D eigenvalue weighted by Gasteiger charge is -2.17. The van der Waals surface area contributed by atoms with Crippen molar-refractivity contribution < 1.29 is 14.4 Å². The molecule has 2 aromatic carbocycles. The summed E-state index contributed by atoms with van der Waals surface area (Å²) in [5, 5.41) is 2.93. The maximum atomic E-state index is 12.6. The lowest BCUT2D eigenvalue weighted by atomic mass is 10.1. The summed E-state index contributed by atoms with van der Waals surface area (Å²) < 4.78 is 0. The van der Waals surface area contributed by atoms with Gasteiger partial charge in [-0.1, -0.05) is 29.8 Å². The third-order valence-electron chi connectivity index (χ3n) is 4.70. The molecule has 2 aromatic rings. The van der Waals surface area contributed by atoms with Gasteiger partial charge < -0.3 is 10.2 Å². The first-order valence-electron chi connectivity index (χ1n) is 8.64. The monoisotopic (exact) mass is 350 g/mol. The van der Waals surface area contributed by atoms with Crippen LogP contribution in [-0.2, 0) is 9.59 Å². The minimum atomic E-state index is -0.413. The van der Waals surface area contributed by atoms with E-state index in [4.69, 9.17) is 0 Å². The molecule has 1 heterocycles. The summed E-state index contributed by atoms with van der Waals surface area (Å²) in [7, 11) is 0. The largest absolute Gasteiger partial charge is 0.326 e. The molecular weight excluding hydrogens is 328 g/mol. The number of hydrogen-bond acceptors (Lipinski definition) is 3. The quantitative estimate of drug-likeness (QED) is 0.858. The van der Waals surface area contributed by atoms with Crippen LogP contribution in [0.25, 0.3) is 0 Å². The Hall–Kier alpha value is -2.95. The molecule has 0 bridgehead atoms. The molecule has 1 unspecified atom stereocenters. The van der Waals surface area contributed by atoms with Gasteiger partial charge >= 0.3 is 0 Å². The normalized spacial score (nSPS) is 16.7. The number of benzene rings is 2. The fourth-order valence-electron chi connectivity index (χ4n) is 3.21. The van der Waals surface area contributed by atoms with Crippen LogP contribution in [0, 0.1) is 19.8 Å². The summed E-state index contributed by atoms with van der Waals surface area (Å²) >= 11 is 0. The first-order chi connectivity index (χ1) is 12.3. The summed E-state index contributed by atoms with van der Waals surface area (Å²) in [6, 6.07) is 12.8. The first-order valence-corrected chi connectivity index (χ1v) is 8.64. The molecule has 3 rings (SSSR count). The fourth-order valence-corrected chi connectivity index (χ4v) is 3.21. The number of ketones is 1. The third-order valence-corrected chi connectivity index (χ3v) is 4.70. The van der Waals surface area contributed by atoms with Crippen LogP contribution in [0.2, 0.25) is 0 Å². The zero-order valence-corrected chi connectivity index (χ0v) is 15.2. The molecule has 5 nitrogen and oxygen atoms in total. The number of rotatable bonds is 4. The molecule has 0 saturated carbocycles. The highest BCUT2D eigenvalue weighted by Gasteiger charge is 2.35. The minimum Gasteiger partial charge on any atom is -0.326 e. The summed E-state index contributed by atoms with van der Waals surface area (Å²) in [5.74, 6) is -0.728. The molecule has 2 amide bonds. The molecule has 26 heavy (non-hydrogen) atoms. The highest BCUT2D eigenvalue weighted by atomic mass is 16.2. The van der Waals surface area contributed by atoms with E-state index in [1.165, 1.54) is 6.92 Å². The van der Waals surface area contributed by atoms with Crippen LogP contribution >= 0.6 is 0 Å². The number of carbonyl (C=O) groups is 3. The number of aryl methyl sites for hydroxylation is 2. The number of nitrogens with zero attached hydrogens (tertiary/aromatic N) is 1. The van der Waals surface area contributed by atoms with Crippen LogP contribution < -0.4 is 10.2 Å². The second-order valence-electron chi connectivity index (χ2n) is 6.82. The average molecular weight is 350 g/mol. The number of hydrogen-bond donors (Lipinski definition) is 1. The van der Waals surface area contributed by atoms with Crippen LogP contribution in [0.4, 0.5) is 11.4 Å². The van der Waals surface area contributed by atoms with E-state index < -0.39 is 5.92 Å². The van der Waals surface area contributed by atoms with Crippen molar-refractivity contribution in [3.05, 3.63) is 59.2 Å². The van der Waals surface area contributed by atoms with E-state index in [0.29, 0.717) is 17.8 Å². The van der Waals surface area contributed by atoms with E-state index in [1.54, 1.807) is 29.2 Å². The molecule has 5 heteroatoms. The Balaban J connectivity index is 1.74. The van der Waals surface area contributed by atoms with Gasteiger partial charge in [0.25, 0.3) is 0 Å². The van der Waals surface area contributed by atoms with E-state index in [1.807, 2.05) is 32.0 Å². The predicted molar refractivity (Wildman–Crippen MR) is 101 cm³/mol. The zero-order chi connectivity index (χ0) is 18.8. The van der Waals surface area contributed by atoms with Crippen molar-refractivity contribution in [3.63, 3.8) is 0 Å². The van der Waals surface area contributed by atoms with E-state index in [2.05, 4.69) is 5.32 Å². The summed E-state index contributed by atoms with van der Waals surface area (Å²) in [6.45, 7) is 5.76. The summed E-state index contributed by atoms with van der Waals surface area (Å²) in [5.41, 5.74) is 4.11. The molecule has 0 aromatic heterocycles. The maximum Gasteiger partial charge on any atom is 0.229 e. The maximum absolute atomic E-state index is 12.6. The van der Waals surface area contributed by atoms with E-state index >= 15 is 0 Å².